The number of carbonyl (C=O) groups excluding carboxylic acids is 1. The smallest absolute Gasteiger partial charge is 0.407 e. The molecule has 1 unspecified atom stereocenters. The SMILES string of the molecule is Cc1ncsc1CNC(CNC(=O)OC(C)(C)C)C1CCCC1. The first kappa shape index (κ1) is 18.2. The van der Waals surface area contributed by atoms with E-state index in [2.05, 4.69) is 15.6 Å². The molecule has 1 aromatic rings. The number of alkyl carbamates (subject to hydrolysis) is 1. The summed E-state index contributed by atoms with van der Waals surface area (Å²) >= 11 is 1.68. The van der Waals surface area contributed by atoms with Gasteiger partial charge in [0.05, 0.1) is 11.2 Å². The van der Waals surface area contributed by atoms with Crippen molar-refractivity contribution in [2.24, 2.45) is 5.92 Å². The molecule has 0 bridgehead atoms. The van der Waals surface area contributed by atoms with Gasteiger partial charge in [-0.2, -0.15) is 0 Å². The molecule has 1 atom stereocenters. The number of nitrogens with zero attached hydrogens (tertiary/aromatic N) is 1. The van der Waals surface area contributed by atoms with E-state index in [0.29, 0.717) is 12.5 Å². The Balaban J connectivity index is 1.87. The van der Waals surface area contributed by atoms with Crippen LogP contribution in [0.1, 0.15) is 57.0 Å². The van der Waals surface area contributed by atoms with Gasteiger partial charge in [-0.1, -0.05) is 12.8 Å². The zero-order valence-corrected chi connectivity index (χ0v) is 15.5. The fourth-order valence-corrected chi connectivity index (χ4v) is 3.72. The maximum atomic E-state index is 11.9. The molecule has 1 aliphatic carbocycles. The van der Waals surface area contributed by atoms with Gasteiger partial charge in [-0.05, 0) is 46.5 Å². The van der Waals surface area contributed by atoms with E-state index in [0.717, 1.165) is 12.2 Å². The Morgan fingerprint density at radius 1 is 1.43 bits per heavy atom. The predicted octanol–water partition coefficient (Wildman–Crippen LogP) is 3.62. The fourth-order valence-electron chi connectivity index (χ4n) is 2.99. The summed E-state index contributed by atoms with van der Waals surface area (Å²) in [5, 5.41) is 6.55. The summed E-state index contributed by atoms with van der Waals surface area (Å²) in [6.07, 6.45) is 4.70. The van der Waals surface area contributed by atoms with E-state index in [9.17, 15) is 4.79 Å². The standard InChI is InChI=1S/C17H29N3O2S/c1-12-15(23-11-20-12)10-18-14(13-7-5-6-8-13)9-19-16(21)22-17(2,3)4/h11,13-14,18H,5-10H2,1-4H3,(H,19,21). The van der Waals surface area contributed by atoms with Gasteiger partial charge in [0.25, 0.3) is 0 Å². The van der Waals surface area contributed by atoms with Gasteiger partial charge in [-0.15, -0.1) is 11.3 Å². The Hall–Kier alpha value is -1.14. The molecule has 0 aliphatic heterocycles. The second-order valence-corrected chi connectivity index (χ2v) is 8.21. The lowest BCUT2D eigenvalue weighted by atomic mass is 9.98. The average molecular weight is 340 g/mol. The summed E-state index contributed by atoms with van der Waals surface area (Å²) in [5.74, 6) is 0.623. The zero-order chi connectivity index (χ0) is 16.9. The second-order valence-electron chi connectivity index (χ2n) is 7.28. The number of thiazole rings is 1. The van der Waals surface area contributed by atoms with Gasteiger partial charge < -0.3 is 15.4 Å². The quantitative estimate of drug-likeness (QED) is 0.831. The summed E-state index contributed by atoms with van der Waals surface area (Å²) in [5.41, 5.74) is 2.52. The molecule has 2 N–H and O–H groups in total. The molecule has 1 fully saturated rings. The van der Waals surface area contributed by atoms with Crippen LogP contribution in [-0.4, -0.2) is 29.3 Å². The van der Waals surface area contributed by atoms with Crippen molar-refractivity contribution >= 4 is 17.4 Å². The average Bonchev–Trinajstić information content (AvgIpc) is 3.09. The minimum atomic E-state index is -0.458. The molecule has 0 saturated heterocycles. The number of hydrogen-bond donors (Lipinski definition) is 2. The molecule has 5 nitrogen and oxygen atoms in total. The lowest BCUT2D eigenvalue weighted by Crippen LogP contribution is -2.45. The van der Waals surface area contributed by atoms with Crippen LogP contribution in [0.4, 0.5) is 4.79 Å². The number of rotatable bonds is 6. The van der Waals surface area contributed by atoms with Crippen molar-refractivity contribution in [1.82, 2.24) is 15.6 Å². The summed E-state index contributed by atoms with van der Waals surface area (Å²) in [6, 6.07) is 0.284. The first-order valence-corrected chi connectivity index (χ1v) is 9.32. The number of ether oxygens (including phenoxy) is 1. The maximum Gasteiger partial charge on any atom is 0.407 e. The third kappa shape index (κ3) is 6.11. The molecule has 6 heteroatoms. The lowest BCUT2D eigenvalue weighted by Gasteiger charge is -2.26. The van der Waals surface area contributed by atoms with Gasteiger partial charge in [0, 0.05) is 24.0 Å². The van der Waals surface area contributed by atoms with Crippen LogP contribution in [0.5, 0.6) is 0 Å². The van der Waals surface area contributed by atoms with E-state index in [4.69, 9.17) is 4.74 Å². The Bertz CT molecular complexity index is 504. The number of nitrogens with one attached hydrogen (secondary N) is 2. The number of aromatic nitrogens is 1. The number of hydrogen-bond acceptors (Lipinski definition) is 5. The lowest BCUT2D eigenvalue weighted by molar-refractivity contribution is 0.0518. The van der Waals surface area contributed by atoms with Gasteiger partial charge in [0.15, 0.2) is 0 Å². The normalized spacial score (nSPS) is 17.2. The van der Waals surface area contributed by atoms with E-state index in [-0.39, 0.29) is 12.1 Å². The van der Waals surface area contributed by atoms with Gasteiger partial charge in [0.2, 0.25) is 0 Å². The highest BCUT2D eigenvalue weighted by molar-refractivity contribution is 7.09. The Kier molecular flexibility index (Phi) is 6.41. The van der Waals surface area contributed by atoms with E-state index in [1.54, 1.807) is 11.3 Å². The van der Waals surface area contributed by atoms with Crippen molar-refractivity contribution in [2.75, 3.05) is 6.54 Å². The topological polar surface area (TPSA) is 63.2 Å². The van der Waals surface area contributed by atoms with Crippen LogP contribution in [0.3, 0.4) is 0 Å². The number of aryl methyl sites for hydroxylation is 1. The number of carbonyl (C=O) groups is 1. The Morgan fingerprint density at radius 3 is 2.70 bits per heavy atom. The van der Waals surface area contributed by atoms with Crippen molar-refractivity contribution in [1.29, 1.82) is 0 Å². The molecule has 1 saturated carbocycles. The van der Waals surface area contributed by atoms with Gasteiger partial charge in [-0.3, -0.25) is 0 Å². The Labute approximate surface area is 143 Å². The van der Waals surface area contributed by atoms with Gasteiger partial charge in [-0.25, -0.2) is 9.78 Å². The van der Waals surface area contributed by atoms with E-state index in [1.165, 1.54) is 30.6 Å². The number of amides is 1. The molecular weight excluding hydrogens is 310 g/mol. The summed E-state index contributed by atoms with van der Waals surface area (Å²) in [4.78, 5) is 17.5. The van der Waals surface area contributed by atoms with E-state index < -0.39 is 5.60 Å². The predicted molar refractivity (Wildman–Crippen MR) is 93.7 cm³/mol. The molecule has 0 radical (unpaired) electrons. The molecule has 1 amide bonds. The van der Waals surface area contributed by atoms with Crippen LogP contribution in [0.2, 0.25) is 0 Å². The highest BCUT2D eigenvalue weighted by Gasteiger charge is 2.26. The van der Waals surface area contributed by atoms with Crippen LogP contribution in [0.15, 0.2) is 5.51 Å². The van der Waals surface area contributed by atoms with Crippen LogP contribution in [-0.2, 0) is 11.3 Å². The molecule has 1 aliphatic rings. The van der Waals surface area contributed by atoms with Crippen molar-refractivity contribution in [3.8, 4) is 0 Å². The van der Waals surface area contributed by atoms with Crippen LogP contribution < -0.4 is 10.6 Å². The second kappa shape index (κ2) is 8.11. The molecular formula is C17H29N3O2S. The largest absolute Gasteiger partial charge is 0.444 e. The van der Waals surface area contributed by atoms with E-state index in [1.807, 2.05) is 33.2 Å². The van der Waals surface area contributed by atoms with Crippen molar-refractivity contribution in [2.45, 2.75) is 71.6 Å². The molecule has 1 heterocycles. The minimum Gasteiger partial charge on any atom is -0.444 e. The first-order valence-electron chi connectivity index (χ1n) is 8.44. The first-order chi connectivity index (χ1) is 10.8. The maximum absolute atomic E-state index is 11.9. The van der Waals surface area contributed by atoms with Crippen LogP contribution in [0.25, 0.3) is 0 Å². The van der Waals surface area contributed by atoms with Crippen molar-refractivity contribution in [3.05, 3.63) is 16.1 Å². The zero-order valence-electron chi connectivity index (χ0n) is 14.6. The molecule has 130 valence electrons. The van der Waals surface area contributed by atoms with Crippen molar-refractivity contribution in [3.63, 3.8) is 0 Å². The third-order valence-electron chi connectivity index (χ3n) is 4.20. The Morgan fingerprint density at radius 2 is 2.13 bits per heavy atom. The molecule has 1 aromatic heterocycles. The highest BCUT2D eigenvalue weighted by atomic mass is 32.1. The highest BCUT2D eigenvalue weighted by Crippen LogP contribution is 2.28. The summed E-state index contributed by atoms with van der Waals surface area (Å²) in [7, 11) is 0. The van der Waals surface area contributed by atoms with Crippen LogP contribution in [0, 0.1) is 12.8 Å². The molecule has 2 rings (SSSR count). The van der Waals surface area contributed by atoms with Crippen LogP contribution >= 0.6 is 11.3 Å². The minimum absolute atomic E-state index is 0.284. The monoisotopic (exact) mass is 339 g/mol. The van der Waals surface area contributed by atoms with Gasteiger partial charge in [0.1, 0.15) is 5.60 Å². The molecule has 0 spiro atoms. The summed E-state index contributed by atoms with van der Waals surface area (Å²) < 4.78 is 5.33. The fraction of sp³-hybridized carbons (Fsp3) is 0.765. The third-order valence-corrected chi connectivity index (χ3v) is 5.14. The molecule has 23 heavy (non-hydrogen) atoms. The molecule has 0 aromatic carbocycles. The van der Waals surface area contributed by atoms with Crippen molar-refractivity contribution < 1.29 is 9.53 Å². The summed E-state index contributed by atoms with van der Waals surface area (Å²) in [6.45, 7) is 9.10. The van der Waals surface area contributed by atoms with Gasteiger partial charge >= 0.3 is 6.09 Å². The van der Waals surface area contributed by atoms with E-state index >= 15 is 0 Å².